The Hall–Kier alpha value is -2.49. The lowest BCUT2D eigenvalue weighted by molar-refractivity contribution is 0.0271. The standard InChI is InChI=1S/C21H19BrFN3O4/c1-27-16-6-13-15(24-10-25-21(13)26-12-4-2-11(22)3-5-12)7-17(16)30-18-9-29-19-14(23)8-28-20(18)19/h2-7,10,14,18-20H,8-9H2,1H3,(H,24,25,26)/t14-,18-,19+,20?/m1/s1. The molecule has 1 N–H and O–H groups in total. The molecule has 3 heterocycles. The minimum absolute atomic E-state index is 0.0301. The molecule has 4 atom stereocenters. The summed E-state index contributed by atoms with van der Waals surface area (Å²) in [4.78, 5) is 8.74. The average molecular weight is 476 g/mol. The van der Waals surface area contributed by atoms with Crippen molar-refractivity contribution < 1.29 is 23.3 Å². The van der Waals surface area contributed by atoms with Crippen molar-refractivity contribution in [2.75, 3.05) is 25.6 Å². The molecule has 2 aromatic carbocycles. The number of nitrogens with zero attached hydrogens (tertiary/aromatic N) is 2. The molecule has 0 saturated carbocycles. The molecule has 30 heavy (non-hydrogen) atoms. The zero-order chi connectivity index (χ0) is 20.7. The van der Waals surface area contributed by atoms with Gasteiger partial charge in [-0.15, -0.1) is 0 Å². The van der Waals surface area contributed by atoms with Gasteiger partial charge in [-0.1, -0.05) is 15.9 Å². The van der Waals surface area contributed by atoms with Gasteiger partial charge in [-0.25, -0.2) is 14.4 Å². The van der Waals surface area contributed by atoms with Crippen molar-refractivity contribution in [3.8, 4) is 11.5 Å². The van der Waals surface area contributed by atoms with E-state index in [-0.39, 0.29) is 13.2 Å². The molecule has 2 saturated heterocycles. The van der Waals surface area contributed by atoms with Crippen LogP contribution in [0.4, 0.5) is 15.9 Å². The van der Waals surface area contributed by atoms with Gasteiger partial charge in [-0.2, -0.15) is 0 Å². The summed E-state index contributed by atoms with van der Waals surface area (Å²) in [5.41, 5.74) is 1.58. The van der Waals surface area contributed by atoms with Crippen LogP contribution in [0, 0.1) is 0 Å². The molecule has 1 aromatic heterocycles. The molecule has 2 fully saturated rings. The van der Waals surface area contributed by atoms with E-state index in [1.54, 1.807) is 13.2 Å². The first-order valence-electron chi connectivity index (χ1n) is 9.51. The van der Waals surface area contributed by atoms with Crippen molar-refractivity contribution in [2.24, 2.45) is 0 Å². The second kappa shape index (κ2) is 7.98. The number of anilines is 2. The third-order valence-corrected chi connectivity index (χ3v) is 5.78. The van der Waals surface area contributed by atoms with Gasteiger partial charge in [0.25, 0.3) is 0 Å². The summed E-state index contributed by atoms with van der Waals surface area (Å²) in [7, 11) is 1.57. The van der Waals surface area contributed by atoms with E-state index < -0.39 is 24.5 Å². The molecule has 0 bridgehead atoms. The van der Waals surface area contributed by atoms with Gasteiger partial charge in [-0.05, 0) is 30.3 Å². The fourth-order valence-electron chi connectivity index (χ4n) is 3.77. The molecule has 2 aliphatic heterocycles. The van der Waals surface area contributed by atoms with Crippen LogP contribution in [-0.2, 0) is 9.47 Å². The largest absolute Gasteiger partial charge is 0.493 e. The summed E-state index contributed by atoms with van der Waals surface area (Å²) in [6, 6.07) is 11.4. The smallest absolute Gasteiger partial charge is 0.164 e. The van der Waals surface area contributed by atoms with E-state index >= 15 is 0 Å². The van der Waals surface area contributed by atoms with Crippen LogP contribution in [0.5, 0.6) is 11.5 Å². The normalized spacial score (nSPS) is 25.3. The van der Waals surface area contributed by atoms with Crippen molar-refractivity contribution in [1.82, 2.24) is 9.97 Å². The summed E-state index contributed by atoms with van der Waals surface area (Å²) in [6.07, 6.45) is -1.06. The van der Waals surface area contributed by atoms with Gasteiger partial charge in [-0.3, -0.25) is 0 Å². The maximum Gasteiger partial charge on any atom is 0.164 e. The number of alkyl halides is 1. The van der Waals surface area contributed by atoms with Crippen LogP contribution in [-0.4, -0.2) is 54.8 Å². The quantitative estimate of drug-likeness (QED) is 0.596. The number of fused-ring (bicyclic) bond motifs is 2. The number of aromatic nitrogens is 2. The van der Waals surface area contributed by atoms with Crippen LogP contribution in [0.2, 0.25) is 0 Å². The maximum atomic E-state index is 13.8. The van der Waals surface area contributed by atoms with Crippen LogP contribution in [0.25, 0.3) is 10.9 Å². The van der Waals surface area contributed by atoms with Gasteiger partial charge in [0.1, 0.15) is 24.4 Å². The fourth-order valence-corrected chi connectivity index (χ4v) is 4.03. The Balaban J connectivity index is 1.45. The monoisotopic (exact) mass is 475 g/mol. The molecule has 156 valence electrons. The van der Waals surface area contributed by atoms with Crippen molar-refractivity contribution >= 4 is 38.3 Å². The van der Waals surface area contributed by atoms with Gasteiger partial charge in [0.2, 0.25) is 0 Å². The first-order chi connectivity index (χ1) is 14.6. The average Bonchev–Trinajstić information content (AvgIpc) is 3.32. The number of rotatable bonds is 5. The predicted octanol–water partition coefficient (Wildman–Crippen LogP) is 4.03. The lowest BCUT2D eigenvalue weighted by Gasteiger charge is -2.20. The molecule has 7 nitrogen and oxygen atoms in total. The highest BCUT2D eigenvalue weighted by Gasteiger charge is 2.49. The molecule has 9 heteroatoms. The molecular formula is C21H19BrFN3O4. The van der Waals surface area contributed by atoms with Crippen molar-refractivity contribution in [2.45, 2.75) is 24.5 Å². The minimum Gasteiger partial charge on any atom is -0.493 e. The summed E-state index contributed by atoms with van der Waals surface area (Å²) < 4.78 is 37.5. The van der Waals surface area contributed by atoms with Crippen molar-refractivity contribution in [3.63, 3.8) is 0 Å². The van der Waals surface area contributed by atoms with Gasteiger partial charge in [0.05, 0.1) is 25.8 Å². The van der Waals surface area contributed by atoms with E-state index in [2.05, 4.69) is 31.2 Å². The SMILES string of the molecule is COc1cc2c(Nc3ccc(Br)cc3)ncnc2cc1O[C@@H]1CO[C@@H]2C1OC[C@H]2F. The Morgan fingerprint density at radius 3 is 2.67 bits per heavy atom. The Bertz CT molecular complexity index is 1070. The molecule has 0 aliphatic carbocycles. The van der Waals surface area contributed by atoms with Gasteiger partial charge in [0, 0.05) is 21.6 Å². The van der Waals surface area contributed by atoms with Gasteiger partial charge < -0.3 is 24.3 Å². The lowest BCUT2D eigenvalue weighted by Crippen LogP contribution is -2.33. The number of halogens is 2. The summed E-state index contributed by atoms with van der Waals surface area (Å²) in [5, 5.41) is 4.09. The highest BCUT2D eigenvalue weighted by atomic mass is 79.9. The molecule has 1 unspecified atom stereocenters. The molecule has 5 rings (SSSR count). The number of ether oxygens (including phenoxy) is 4. The highest BCUT2D eigenvalue weighted by molar-refractivity contribution is 9.10. The summed E-state index contributed by atoms with van der Waals surface area (Å²) >= 11 is 3.43. The number of hydrogen-bond donors (Lipinski definition) is 1. The predicted molar refractivity (Wildman–Crippen MR) is 112 cm³/mol. The number of nitrogens with one attached hydrogen (secondary N) is 1. The van der Waals surface area contributed by atoms with Crippen LogP contribution in [0.1, 0.15) is 0 Å². The summed E-state index contributed by atoms with van der Waals surface area (Å²) in [5.74, 6) is 1.67. The lowest BCUT2D eigenvalue weighted by atomic mass is 10.1. The number of benzene rings is 2. The van der Waals surface area contributed by atoms with Crippen LogP contribution in [0.3, 0.4) is 0 Å². The number of methoxy groups -OCH3 is 1. The Morgan fingerprint density at radius 1 is 1.07 bits per heavy atom. The molecule has 3 aromatic rings. The van der Waals surface area contributed by atoms with E-state index in [9.17, 15) is 4.39 Å². The van der Waals surface area contributed by atoms with Gasteiger partial charge in [0.15, 0.2) is 23.8 Å². The zero-order valence-corrected chi connectivity index (χ0v) is 17.6. The Morgan fingerprint density at radius 2 is 1.87 bits per heavy atom. The molecule has 2 aliphatic rings. The first kappa shape index (κ1) is 19.5. The molecule has 0 amide bonds. The minimum atomic E-state index is -1.12. The van der Waals surface area contributed by atoms with Gasteiger partial charge >= 0.3 is 0 Å². The van der Waals surface area contributed by atoms with Crippen LogP contribution in [0.15, 0.2) is 47.2 Å². The third kappa shape index (κ3) is 3.57. The highest BCUT2D eigenvalue weighted by Crippen LogP contribution is 2.38. The first-order valence-corrected chi connectivity index (χ1v) is 10.3. The molecular weight excluding hydrogens is 457 g/mol. The number of hydrogen-bond acceptors (Lipinski definition) is 7. The summed E-state index contributed by atoms with van der Waals surface area (Å²) in [6.45, 7) is 0.291. The van der Waals surface area contributed by atoms with Crippen LogP contribution >= 0.6 is 15.9 Å². The van der Waals surface area contributed by atoms with E-state index in [1.165, 1.54) is 6.33 Å². The third-order valence-electron chi connectivity index (χ3n) is 5.25. The maximum absolute atomic E-state index is 13.8. The van der Waals surface area contributed by atoms with Crippen molar-refractivity contribution in [3.05, 3.63) is 47.2 Å². The van der Waals surface area contributed by atoms with E-state index in [0.29, 0.717) is 22.8 Å². The fraction of sp³-hybridized carbons (Fsp3) is 0.333. The zero-order valence-electron chi connectivity index (χ0n) is 16.0. The van der Waals surface area contributed by atoms with E-state index in [4.69, 9.17) is 18.9 Å². The van der Waals surface area contributed by atoms with Crippen LogP contribution < -0.4 is 14.8 Å². The second-order valence-corrected chi connectivity index (χ2v) is 8.06. The Kier molecular flexibility index (Phi) is 5.18. The van der Waals surface area contributed by atoms with E-state index in [0.717, 1.165) is 15.5 Å². The van der Waals surface area contributed by atoms with E-state index in [1.807, 2.05) is 30.3 Å². The molecule has 0 spiro atoms. The topological polar surface area (TPSA) is 74.7 Å². The molecule has 0 radical (unpaired) electrons. The Labute approximate surface area is 180 Å². The second-order valence-electron chi connectivity index (χ2n) is 7.14. The van der Waals surface area contributed by atoms with Crippen molar-refractivity contribution in [1.29, 1.82) is 0 Å².